The van der Waals surface area contributed by atoms with Gasteiger partial charge in [0, 0.05) is 6.54 Å². The highest BCUT2D eigenvalue weighted by Crippen LogP contribution is 2.06. The SMILES string of the molecule is C[C@@H]1NC2C=C=CCN2N1. The summed E-state index contributed by atoms with van der Waals surface area (Å²) < 4.78 is 0. The van der Waals surface area contributed by atoms with E-state index in [2.05, 4.69) is 28.4 Å². The Kier molecular flexibility index (Phi) is 1.36. The maximum absolute atomic E-state index is 3.33. The molecule has 0 aliphatic carbocycles. The fraction of sp³-hybridized carbons (Fsp3) is 0.571. The van der Waals surface area contributed by atoms with Crippen molar-refractivity contribution in [1.29, 1.82) is 0 Å². The van der Waals surface area contributed by atoms with Gasteiger partial charge in [-0.2, -0.15) is 0 Å². The zero-order valence-electron chi connectivity index (χ0n) is 5.96. The van der Waals surface area contributed by atoms with Gasteiger partial charge < -0.3 is 0 Å². The average molecular weight is 137 g/mol. The Balaban J connectivity index is 2.14. The van der Waals surface area contributed by atoms with Crippen molar-refractivity contribution in [2.45, 2.75) is 19.3 Å². The van der Waals surface area contributed by atoms with Gasteiger partial charge in [0.15, 0.2) is 0 Å². The molecular formula is C7H11N3. The van der Waals surface area contributed by atoms with E-state index in [-0.39, 0.29) is 0 Å². The van der Waals surface area contributed by atoms with Gasteiger partial charge in [-0.1, -0.05) is 0 Å². The van der Waals surface area contributed by atoms with Crippen LogP contribution in [0.15, 0.2) is 17.9 Å². The average Bonchev–Trinajstić information content (AvgIpc) is 2.27. The van der Waals surface area contributed by atoms with Gasteiger partial charge in [-0.3, -0.25) is 5.32 Å². The molecule has 1 unspecified atom stereocenters. The quantitative estimate of drug-likeness (QED) is 0.452. The van der Waals surface area contributed by atoms with Crippen LogP contribution in [0.2, 0.25) is 0 Å². The molecule has 2 rings (SSSR count). The van der Waals surface area contributed by atoms with Crippen LogP contribution in [0.4, 0.5) is 0 Å². The van der Waals surface area contributed by atoms with E-state index in [0.29, 0.717) is 12.3 Å². The number of hydrogen-bond acceptors (Lipinski definition) is 3. The Morgan fingerprint density at radius 1 is 1.70 bits per heavy atom. The van der Waals surface area contributed by atoms with Crippen molar-refractivity contribution >= 4 is 0 Å². The first-order valence-corrected chi connectivity index (χ1v) is 3.56. The molecule has 0 aromatic carbocycles. The fourth-order valence-corrected chi connectivity index (χ4v) is 1.33. The number of nitrogens with zero attached hydrogens (tertiary/aromatic N) is 1. The van der Waals surface area contributed by atoms with Crippen molar-refractivity contribution in [2.75, 3.05) is 6.54 Å². The molecule has 2 aliphatic rings. The minimum Gasteiger partial charge on any atom is -0.281 e. The standard InChI is InChI=1S/C7H11N3/c1-6-8-7-4-2-3-5-10(7)9-6/h3-4,6-9H,5H2,1H3/t6-,7?/m1/s1. The van der Waals surface area contributed by atoms with Crippen molar-refractivity contribution in [2.24, 2.45) is 0 Å². The topological polar surface area (TPSA) is 27.3 Å². The Bertz CT molecular complexity index is 193. The number of fused-ring (bicyclic) bond motifs is 1. The third-order valence-corrected chi connectivity index (χ3v) is 1.78. The van der Waals surface area contributed by atoms with E-state index < -0.39 is 0 Å². The van der Waals surface area contributed by atoms with Gasteiger partial charge in [0.05, 0.1) is 6.17 Å². The predicted molar refractivity (Wildman–Crippen MR) is 38.9 cm³/mol. The lowest BCUT2D eigenvalue weighted by atomic mass is 10.3. The van der Waals surface area contributed by atoms with Crippen LogP contribution in [-0.2, 0) is 0 Å². The van der Waals surface area contributed by atoms with E-state index in [0.717, 1.165) is 6.54 Å². The lowest BCUT2D eigenvalue weighted by Crippen LogP contribution is -2.39. The highest BCUT2D eigenvalue weighted by atomic mass is 15.6. The minimum absolute atomic E-state index is 0.347. The van der Waals surface area contributed by atoms with Gasteiger partial charge in [-0.15, -0.1) is 5.73 Å². The molecular weight excluding hydrogens is 126 g/mol. The molecule has 0 spiro atoms. The highest BCUT2D eigenvalue weighted by molar-refractivity contribution is 5.02. The molecule has 2 atom stereocenters. The summed E-state index contributed by atoms with van der Waals surface area (Å²) in [7, 11) is 0. The number of rotatable bonds is 0. The summed E-state index contributed by atoms with van der Waals surface area (Å²) in [5.41, 5.74) is 6.36. The molecule has 0 aromatic heterocycles. The van der Waals surface area contributed by atoms with E-state index >= 15 is 0 Å². The maximum atomic E-state index is 3.33. The van der Waals surface area contributed by atoms with Crippen LogP contribution in [0.5, 0.6) is 0 Å². The second-order valence-electron chi connectivity index (χ2n) is 2.65. The van der Waals surface area contributed by atoms with E-state index in [1.807, 2.05) is 12.2 Å². The largest absolute Gasteiger partial charge is 0.281 e. The summed E-state index contributed by atoms with van der Waals surface area (Å²) >= 11 is 0. The van der Waals surface area contributed by atoms with Crippen molar-refractivity contribution in [3.63, 3.8) is 0 Å². The summed E-state index contributed by atoms with van der Waals surface area (Å²) in [5.74, 6) is 0. The Morgan fingerprint density at radius 2 is 2.60 bits per heavy atom. The normalized spacial score (nSPS) is 38.5. The molecule has 2 heterocycles. The second kappa shape index (κ2) is 2.22. The number of nitrogens with one attached hydrogen (secondary N) is 2. The van der Waals surface area contributed by atoms with E-state index in [9.17, 15) is 0 Å². The molecule has 54 valence electrons. The van der Waals surface area contributed by atoms with Gasteiger partial charge in [-0.25, -0.2) is 10.4 Å². The van der Waals surface area contributed by atoms with Crippen LogP contribution in [-0.4, -0.2) is 23.9 Å². The second-order valence-corrected chi connectivity index (χ2v) is 2.65. The van der Waals surface area contributed by atoms with Gasteiger partial charge in [0.25, 0.3) is 0 Å². The molecule has 0 aromatic rings. The molecule has 0 saturated carbocycles. The van der Waals surface area contributed by atoms with Gasteiger partial charge in [0.2, 0.25) is 0 Å². The zero-order chi connectivity index (χ0) is 6.97. The Morgan fingerprint density at radius 3 is 3.40 bits per heavy atom. The molecule has 0 radical (unpaired) electrons. The maximum Gasteiger partial charge on any atom is 0.101 e. The lowest BCUT2D eigenvalue weighted by Gasteiger charge is -2.19. The first-order chi connectivity index (χ1) is 4.86. The summed E-state index contributed by atoms with van der Waals surface area (Å²) in [5, 5.41) is 5.49. The van der Waals surface area contributed by atoms with Gasteiger partial charge in [0.1, 0.15) is 6.17 Å². The van der Waals surface area contributed by atoms with Crippen LogP contribution in [0.25, 0.3) is 0 Å². The van der Waals surface area contributed by atoms with Crippen LogP contribution in [0.3, 0.4) is 0 Å². The molecule has 2 N–H and O–H groups in total. The molecule has 3 nitrogen and oxygen atoms in total. The summed E-state index contributed by atoms with van der Waals surface area (Å²) in [6.07, 6.45) is 4.78. The molecule has 0 amide bonds. The van der Waals surface area contributed by atoms with Crippen LogP contribution < -0.4 is 10.7 Å². The van der Waals surface area contributed by atoms with Crippen molar-refractivity contribution in [3.05, 3.63) is 17.9 Å². The first kappa shape index (κ1) is 6.13. The van der Waals surface area contributed by atoms with Crippen LogP contribution in [0, 0.1) is 0 Å². The monoisotopic (exact) mass is 137 g/mol. The molecule has 3 heteroatoms. The van der Waals surface area contributed by atoms with E-state index in [1.165, 1.54) is 0 Å². The Labute approximate surface area is 60.4 Å². The fourth-order valence-electron chi connectivity index (χ4n) is 1.33. The minimum atomic E-state index is 0.347. The molecule has 2 aliphatic heterocycles. The lowest BCUT2D eigenvalue weighted by molar-refractivity contribution is 0.223. The summed E-state index contributed by atoms with van der Waals surface area (Å²) in [6.45, 7) is 3.05. The van der Waals surface area contributed by atoms with Crippen molar-refractivity contribution in [3.8, 4) is 0 Å². The van der Waals surface area contributed by atoms with Crippen molar-refractivity contribution in [1.82, 2.24) is 15.8 Å². The highest BCUT2D eigenvalue weighted by Gasteiger charge is 2.25. The van der Waals surface area contributed by atoms with E-state index in [1.54, 1.807) is 0 Å². The third kappa shape index (κ3) is 0.895. The van der Waals surface area contributed by atoms with Gasteiger partial charge in [-0.05, 0) is 19.1 Å². The van der Waals surface area contributed by atoms with Crippen LogP contribution >= 0.6 is 0 Å². The van der Waals surface area contributed by atoms with Crippen molar-refractivity contribution < 1.29 is 0 Å². The summed E-state index contributed by atoms with van der Waals surface area (Å²) in [6, 6.07) is 0. The molecule has 1 saturated heterocycles. The summed E-state index contributed by atoms with van der Waals surface area (Å²) in [4.78, 5) is 0. The molecule has 0 bridgehead atoms. The van der Waals surface area contributed by atoms with E-state index in [4.69, 9.17) is 0 Å². The zero-order valence-corrected chi connectivity index (χ0v) is 5.96. The van der Waals surface area contributed by atoms with Crippen LogP contribution in [0.1, 0.15) is 6.92 Å². The third-order valence-electron chi connectivity index (χ3n) is 1.78. The first-order valence-electron chi connectivity index (χ1n) is 3.56. The molecule has 10 heavy (non-hydrogen) atoms. The molecule has 1 fully saturated rings. The van der Waals surface area contributed by atoms with Gasteiger partial charge >= 0.3 is 0 Å². The number of hydrazine groups is 1. The number of hydrogen-bond donors (Lipinski definition) is 2. The predicted octanol–water partition coefficient (Wildman–Crippen LogP) is -0.207. The Hall–Kier alpha value is -0.600. The smallest absolute Gasteiger partial charge is 0.101 e.